The Labute approximate surface area is 593 Å². The van der Waals surface area contributed by atoms with Gasteiger partial charge in [0.05, 0.1) is 18.8 Å². The highest BCUT2D eigenvalue weighted by molar-refractivity contribution is 7.00. The first-order valence-electron chi connectivity index (χ1n) is 37.3. The average Bonchev–Trinajstić information content (AvgIpc) is 1.40. The van der Waals surface area contributed by atoms with Crippen LogP contribution in [0.15, 0.2) is 121 Å². The van der Waals surface area contributed by atoms with Crippen LogP contribution in [-0.4, -0.2) is 115 Å². The van der Waals surface area contributed by atoms with Crippen LogP contribution in [0.3, 0.4) is 0 Å². The Kier molecular flexibility index (Phi) is 24.7. The van der Waals surface area contributed by atoms with Crippen molar-refractivity contribution in [2.24, 2.45) is 68.0 Å². The summed E-state index contributed by atoms with van der Waals surface area (Å²) < 4.78 is 34.5. The van der Waals surface area contributed by atoms with Gasteiger partial charge >= 0.3 is 11.9 Å². The van der Waals surface area contributed by atoms with Crippen LogP contribution in [0.1, 0.15) is 202 Å². The van der Waals surface area contributed by atoms with E-state index in [2.05, 4.69) is 159 Å². The van der Waals surface area contributed by atoms with Crippen molar-refractivity contribution in [3.8, 4) is 0 Å². The first kappa shape index (κ1) is 79.3. The molecular formula is C83H126O12Si3. The lowest BCUT2D eigenvalue weighted by Crippen LogP contribution is -2.67. The lowest BCUT2D eigenvalue weighted by molar-refractivity contribution is -0.219. The number of Topliss-reactive ketones (excluding diaryl/α,β-unsaturated/α-hetero) is 2. The number of hydrogen-bond acceptors (Lipinski definition) is 12. The van der Waals surface area contributed by atoms with Gasteiger partial charge in [-0.1, -0.05) is 246 Å². The van der Waals surface area contributed by atoms with Crippen LogP contribution in [0.4, 0.5) is 0 Å². The van der Waals surface area contributed by atoms with Crippen LogP contribution in [0, 0.1) is 68.0 Å². The molecule has 16 atom stereocenters. The van der Waals surface area contributed by atoms with E-state index in [1.807, 2.05) is 79.7 Å². The van der Waals surface area contributed by atoms with Gasteiger partial charge in [0, 0.05) is 52.9 Å². The number of ether oxygens (including phenoxy) is 2. The third-order valence-corrected chi connectivity index (χ3v) is 42.6. The van der Waals surface area contributed by atoms with Gasteiger partial charge < -0.3 is 38.1 Å². The van der Waals surface area contributed by atoms with Gasteiger partial charge in [-0.3, -0.25) is 9.59 Å². The summed E-state index contributed by atoms with van der Waals surface area (Å²) in [5.41, 5.74) is -3.37. The van der Waals surface area contributed by atoms with Crippen molar-refractivity contribution < 1.29 is 57.2 Å². The summed E-state index contributed by atoms with van der Waals surface area (Å²) in [6.07, 6.45) is 5.44. The number of rotatable bonds is 21. The topological polar surface area (TPSA) is 175 Å². The van der Waals surface area contributed by atoms with Crippen LogP contribution in [0.25, 0.3) is 0 Å². The standard InChI is InChI=1S/C44H68O6Si2.C38H54O6Si.CH4/c1-11-43(31-49-51(12-2,13-3)14-4)29-37(42(10)32(5)25-27-44(33(6)40(43)47)28-26-36(45)39(42)44)50-38(46)30-48-52(41(7,8)9,34-21-17-15-18-22-34)35-23-19-16-20-24-35;1-8-37(25-39)23-31(36(7)26(2)19-21-38(27(3)34(37)42)22-20-30(40)33(36)38)44-32(41)24-43-45(35(4,5)6,28-15-11-9-12-16-28)29-17-13-10-14-18-29;/h15-24,32-33,37,39-40,47H,11-14,25-31H2,1-10H3;9-18,26-27,31,33-34,39,42H,8,19-25H2,1-7H3;1H4/t32-,33+,37-,39?,40+,42+,43-,44+;26-,27+,31-,33?,34+,36+,37-,38+;/m11./s1. The molecule has 12 nitrogen and oxygen atoms in total. The zero-order chi connectivity index (χ0) is 71.0. The summed E-state index contributed by atoms with van der Waals surface area (Å²) in [5, 5.41) is 39.3. The quantitative estimate of drug-likeness (QED) is 0.0533. The summed E-state index contributed by atoms with van der Waals surface area (Å²) in [5.74, 6) is -0.876. The first-order valence-corrected chi connectivity index (χ1v) is 43.7. The van der Waals surface area contributed by atoms with Crippen LogP contribution in [0.2, 0.25) is 28.2 Å². The van der Waals surface area contributed by atoms with E-state index >= 15 is 0 Å². The zero-order valence-corrected chi connectivity index (χ0v) is 65.3. The smallest absolute Gasteiger partial charge is 0.331 e. The number of hydrogen-bond donors (Lipinski definition) is 3. The summed E-state index contributed by atoms with van der Waals surface area (Å²) >= 11 is 0. The van der Waals surface area contributed by atoms with E-state index in [-0.39, 0.29) is 95.2 Å². The highest BCUT2D eigenvalue weighted by atomic mass is 28.4. The van der Waals surface area contributed by atoms with E-state index in [4.69, 9.17) is 22.8 Å². The fourth-order valence-corrected chi connectivity index (χ4v) is 33.0. The van der Waals surface area contributed by atoms with Crippen molar-refractivity contribution in [2.75, 3.05) is 26.4 Å². The number of aliphatic hydroxyl groups is 3. The fourth-order valence-electron chi connectivity index (χ4n) is 21.3. The Morgan fingerprint density at radius 1 is 0.500 bits per heavy atom. The van der Waals surface area contributed by atoms with Gasteiger partial charge in [-0.05, 0) is 148 Å². The molecular weight excluding hydrogens is 1270 g/mol. The maximum Gasteiger partial charge on any atom is 0.331 e. The minimum absolute atomic E-state index is 0. The third kappa shape index (κ3) is 13.4. The molecule has 4 bridgehead atoms. The van der Waals surface area contributed by atoms with Crippen LogP contribution in [0.5, 0.6) is 0 Å². The van der Waals surface area contributed by atoms with E-state index < -0.39 is 83.0 Å². The summed E-state index contributed by atoms with van der Waals surface area (Å²) in [6, 6.07) is 44.3. The Morgan fingerprint density at radius 2 is 0.816 bits per heavy atom. The van der Waals surface area contributed by atoms with Crippen LogP contribution < -0.4 is 20.7 Å². The Balaban J connectivity index is 0.000000250. The largest absolute Gasteiger partial charge is 0.460 e. The second-order valence-corrected chi connectivity index (χ2v) is 47.1. The number of esters is 2. The molecule has 6 aliphatic carbocycles. The zero-order valence-electron chi connectivity index (χ0n) is 62.3. The maximum atomic E-state index is 14.5. The molecule has 3 N–H and O–H groups in total. The number of carbonyl (C=O) groups is 4. The Morgan fingerprint density at radius 3 is 1.11 bits per heavy atom. The van der Waals surface area contributed by atoms with E-state index in [9.17, 15) is 34.5 Å². The molecule has 2 unspecified atom stereocenters. The third-order valence-electron chi connectivity index (χ3n) is 28.0. The first-order chi connectivity index (χ1) is 45.8. The van der Waals surface area contributed by atoms with E-state index in [0.717, 1.165) is 77.4 Å². The minimum atomic E-state index is -3.00. The molecule has 0 radical (unpaired) electrons. The fraction of sp³-hybridized carbons (Fsp3) is 0.663. The molecule has 98 heavy (non-hydrogen) atoms. The molecule has 6 aliphatic rings. The van der Waals surface area contributed by atoms with Gasteiger partial charge in [0.1, 0.15) is 37.0 Å². The van der Waals surface area contributed by atoms with Crippen molar-refractivity contribution >= 4 is 69.2 Å². The molecule has 10 rings (SSSR count). The minimum Gasteiger partial charge on any atom is -0.460 e. The summed E-state index contributed by atoms with van der Waals surface area (Å²) in [7, 11) is -7.99. The lowest BCUT2D eigenvalue weighted by atomic mass is 9.43. The Bertz CT molecular complexity index is 3220. The van der Waals surface area contributed by atoms with Crippen LogP contribution >= 0.6 is 0 Å². The summed E-state index contributed by atoms with van der Waals surface area (Å²) in [4.78, 5) is 56.6. The van der Waals surface area contributed by atoms with Gasteiger partial charge in [0.2, 0.25) is 0 Å². The number of carbonyl (C=O) groups excluding carboxylic acids is 4. The van der Waals surface area contributed by atoms with Crippen molar-refractivity contribution in [2.45, 2.75) is 255 Å². The highest BCUT2D eigenvalue weighted by Gasteiger charge is 2.71. The van der Waals surface area contributed by atoms with Crippen LogP contribution in [-0.2, 0) is 41.9 Å². The molecule has 15 heteroatoms. The number of benzene rings is 4. The second kappa shape index (κ2) is 30.5. The molecule has 0 aromatic heterocycles. The molecule has 0 aliphatic heterocycles. The molecule has 4 aromatic carbocycles. The van der Waals surface area contributed by atoms with Gasteiger partial charge in [0.15, 0.2) is 8.32 Å². The predicted molar refractivity (Wildman–Crippen MR) is 402 cm³/mol. The highest BCUT2D eigenvalue weighted by Crippen LogP contribution is 2.70. The van der Waals surface area contributed by atoms with Crippen molar-refractivity contribution in [3.05, 3.63) is 121 Å². The molecule has 0 heterocycles. The summed E-state index contributed by atoms with van der Waals surface area (Å²) in [6.45, 7) is 36.9. The number of ketones is 2. The van der Waals surface area contributed by atoms with E-state index in [1.54, 1.807) is 0 Å². The van der Waals surface area contributed by atoms with E-state index in [1.165, 1.54) is 0 Å². The van der Waals surface area contributed by atoms with Crippen molar-refractivity contribution in [3.63, 3.8) is 0 Å². The second-order valence-electron chi connectivity index (χ2n) is 33.7. The van der Waals surface area contributed by atoms with Crippen molar-refractivity contribution in [1.29, 1.82) is 0 Å². The molecule has 0 amide bonds. The number of aliphatic hydroxyl groups excluding tert-OH is 3. The van der Waals surface area contributed by atoms with Gasteiger partial charge in [-0.2, -0.15) is 0 Å². The van der Waals surface area contributed by atoms with Gasteiger partial charge in [-0.15, -0.1) is 0 Å². The molecule has 0 spiro atoms. The monoisotopic (exact) mass is 1400 g/mol. The van der Waals surface area contributed by atoms with Gasteiger partial charge in [-0.25, -0.2) is 9.59 Å². The SMILES string of the molecule is C.CC[C@]1(CO)C[C@@H](OC(=O)CO[Si](c2ccccc2)(c2ccccc2)C(C)(C)C)[C@@]2(C)C3C(=O)CC[C@@]3(CC[C@H]2C)[C@@H](C)[C@@H]1O.CC[C@]1(CO[Si](CC)(CC)CC)C[C@@H](OC(=O)CO[Si](c2ccccc2)(c2ccccc2)C(C)(C)C)[C@@]2(C)C3C(=O)CC[C@@]3(CC[C@H]2C)[C@@H](C)[C@@H]1O. The maximum absolute atomic E-state index is 14.5. The molecule has 4 aromatic rings. The lowest BCUT2D eigenvalue weighted by Gasteiger charge is -2.62. The normalized spacial score (nSPS) is 33.5. The molecule has 6 fully saturated rings. The predicted octanol–water partition coefficient (Wildman–Crippen LogP) is 15.0. The van der Waals surface area contributed by atoms with Crippen molar-refractivity contribution in [1.82, 2.24) is 0 Å². The van der Waals surface area contributed by atoms with E-state index in [0.29, 0.717) is 45.1 Å². The Hall–Kier alpha value is -4.43. The molecule has 542 valence electrons. The molecule has 6 saturated carbocycles. The average molecular weight is 1400 g/mol. The molecule has 0 saturated heterocycles. The van der Waals surface area contributed by atoms with Gasteiger partial charge in [0.25, 0.3) is 16.6 Å².